The topological polar surface area (TPSA) is 37.6 Å². The molecule has 1 aliphatic rings. The molecule has 0 aliphatic carbocycles. The maximum atomic E-state index is 12.6. The highest BCUT2D eigenvalue weighted by molar-refractivity contribution is 6.30. The van der Waals surface area contributed by atoms with E-state index in [0.29, 0.717) is 17.9 Å². The van der Waals surface area contributed by atoms with E-state index < -0.39 is 0 Å². The number of carbonyl (C=O) groups is 1. The van der Waals surface area contributed by atoms with Crippen molar-refractivity contribution in [1.29, 1.82) is 0 Å². The number of amides is 1. The fourth-order valence-corrected chi connectivity index (χ4v) is 3.78. The quantitative estimate of drug-likeness (QED) is 0.675. The number of aryl methyl sites for hydroxylation is 1. The normalized spacial score (nSPS) is 14.7. The lowest BCUT2D eigenvalue weighted by Gasteiger charge is -2.26. The summed E-state index contributed by atoms with van der Waals surface area (Å²) >= 11 is 6.03. The van der Waals surface area contributed by atoms with Crippen LogP contribution in [0.2, 0.25) is 5.02 Å². The van der Waals surface area contributed by atoms with Crippen LogP contribution >= 0.6 is 11.6 Å². The minimum Gasteiger partial charge on any atom is -0.343 e. The van der Waals surface area contributed by atoms with Crippen molar-refractivity contribution in [1.82, 2.24) is 14.3 Å². The van der Waals surface area contributed by atoms with Crippen LogP contribution in [-0.4, -0.2) is 33.3 Å². The van der Waals surface area contributed by atoms with E-state index in [9.17, 15) is 4.79 Å². The lowest BCUT2D eigenvalue weighted by molar-refractivity contribution is -0.132. The zero-order chi connectivity index (χ0) is 17.9. The summed E-state index contributed by atoms with van der Waals surface area (Å²) in [5.41, 5.74) is 3.93. The van der Waals surface area contributed by atoms with Crippen LogP contribution in [-0.2, 0) is 11.2 Å². The molecule has 0 unspecified atom stereocenters. The molecule has 0 N–H and O–H groups in total. The number of imidazole rings is 1. The predicted octanol–water partition coefficient (Wildman–Crippen LogP) is 4.60. The van der Waals surface area contributed by atoms with Crippen molar-refractivity contribution in [2.24, 2.45) is 0 Å². The van der Waals surface area contributed by atoms with Gasteiger partial charge in [-0.2, -0.15) is 0 Å². The number of rotatable bonds is 4. The summed E-state index contributed by atoms with van der Waals surface area (Å²) in [6.07, 6.45) is 6.69. The number of carbonyl (C=O) groups excluding carboxylic acids is 1. The Labute approximate surface area is 158 Å². The zero-order valence-electron chi connectivity index (χ0n) is 14.7. The van der Waals surface area contributed by atoms with Crippen LogP contribution in [0.5, 0.6) is 0 Å². The van der Waals surface area contributed by atoms with Gasteiger partial charge >= 0.3 is 0 Å². The molecule has 2 aromatic heterocycles. The average Bonchev–Trinajstić information content (AvgIpc) is 3.06. The van der Waals surface area contributed by atoms with Gasteiger partial charge in [0.15, 0.2) is 0 Å². The molecule has 1 fully saturated rings. The number of pyridine rings is 1. The lowest BCUT2D eigenvalue weighted by Crippen LogP contribution is -2.35. The largest absolute Gasteiger partial charge is 0.343 e. The van der Waals surface area contributed by atoms with Gasteiger partial charge in [0.2, 0.25) is 5.91 Å². The van der Waals surface area contributed by atoms with E-state index >= 15 is 0 Å². The molecule has 5 heteroatoms. The number of likely N-dealkylation sites (tertiary alicyclic amines) is 1. The summed E-state index contributed by atoms with van der Waals surface area (Å²) in [5.74, 6) is 0.248. The molecular formula is C21H22ClN3O. The Bertz CT molecular complexity index is 911. The van der Waals surface area contributed by atoms with Crippen LogP contribution in [0.1, 0.15) is 31.4 Å². The number of halogens is 1. The average molecular weight is 368 g/mol. The van der Waals surface area contributed by atoms with Gasteiger partial charge in [0.1, 0.15) is 5.65 Å². The predicted molar refractivity (Wildman–Crippen MR) is 104 cm³/mol. The van der Waals surface area contributed by atoms with Gasteiger partial charge in [-0.1, -0.05) is 29.8 Å². The van der Waals surface area contributed by atoms with E-state index in [1.165, 1.54) is 6.42 Å². The number of piperidine rings is 1. The van der Waals surface area contributed by atoms with Crippen LogP contribution < -0.4 is 0 Å². The van der Waals surface area contributed by atoms with Gasteiger partial charge in [0.25, 0.3) is 0 Å². The molecule has 134 valence electrons. The number of aromatic nitrogens is 2. The fraction of sp³-hybridized carbons (Fsp3) is 0.333. The molecule has 4 rings (SSSR count). The molecule has 3 aromatic rings. The number of benzene rings is 1. The van der Waals surface area contributed by atoms with Crippen molar-refractivity contribution in [3.63, 3.8) is 0 Å². The number of nitrogens with zero attached hydrogens (tertiary/aromatic N) is 3. The Morgan fingerprint density at radius 2 is 1.81 bits per heavy atom. The molecule has 26 heavy (non-hydrogen) atoms. The van der Waals surface area contributed by atoms with Gasteiger partial charge < -0.3 is 9.30 Å². The van der Waals surface area contributed by atoms with E-state index in [4.69, 9.17) is 16.6 Å². The summed E-state index contributed by atoms with van der Waals surface area (Å²) in [6.45, 7) is 1.80. The molecule has 0 atom stereocenters. The third-order valence-corrected chi connectivity index (χ3v) is 5.28. The first-order chi connectivity index (χ1) is 12.7. The van der Waals surface area contributed by atoms with E-state index in [1.807, 2.05) is 53.6 Å². The maximum Gasteiger partial charge on any atom is 0.222 e. The van der Waals surface area contributed by atoms with Gasteiger partial charge in [0, 0.05) is 36.3 Å². The second-order valence-electron chi connectivity index (χ2n) is 6.78. The highest BCUT2D eigenvalue weighted by atomic mass is 35.5. The van der Waals surface area contributed by atoms with Gasteiger partial charge in [-0.05, 0) is 49.9 Å². The van der Waals surface area contributed by atoms with Gasteiger partial charge in [-0.25, -0.2) is 4.98 Å². The zero-order valence-corrected chi connectivity index (χ0v) is 15.5. The van der Waals surface area contributed by atoms with Crippen molar-refractivity contribution in [3.05, 3.63) is 59.4 Å². The molecular weight excluding hydrogens is 346 g/mol. The SMILES string of the molecule is O=C(CCc1c(-c2ccc(Cl)cc2)nc2ccccn12)N1CCCCC1. The fourth-order valence-electron chi connectivity index (χ4n) is 3.65. The summed E-state index contributed by atoms with van der Waals surface area (Å²) in [5, 5.41) is 0.708. The van der Waals surface area contributed by atoms with Crippen molar-refractivity contribution in [2.75, 3.05) is 13.1 Å². The first-order valence-electron chi connectivity index (χ1n) is 9.22. The monoisotopic (exact) mass is 367 g/mol. The second-order valence-corrected chi connectivity index (χ2v) is 7.22. The minimum atomic E-state index is 0.248. The van der Waals surface area contributed by atoms with E-state index in [1.54, 1.807) is 0 Å². The Hall–Kier alpha value is -2.33. The van der Waals surface area contributed by atoms with Crippen molar-refractivity contribution in [3.8, 4) is 11.3 Å². The third kappa shape index (κ3) is 3.47. The van der Waals surface area contributed by atoms with Crippen molar-refractivity contribution < 1.29 is 4.79 Å². The number of hydrogen-bond acceptors (Lipinski definition) is 2. The second kappa shape index (κ2) is 7.50. The molecule has 1 aliphatic heterocycles. The molecule has 1 saturated heterocycles. The Morgan fingerprint density at radius 3 is 2.58 bits per heavy atom. The Balaban J connectivity index is 1.63. The number of fused-ring (bicyclic) bond motifs is 1. The van der Waals surface area contributed by atoms with Crippen LogP contribution in [0, 0.1) is 0 Å². The maximum absolute atomic E-state index is 12.6. The summed E-state index contributed by atoms with van der Waals surface area (Å²) in [7, 11) is 0. The van der Waals surface area contributed by atoms with E-state index in [0.717, 1.165) is 48.5 Å². The van der Waals surface area contributed by atoms with Crippen LogP contribution in [0.3, 0.4) is 0 Å². The van der Waals surface area contributed by atoms with E-state index in [2.05, 4.69) is 4.40 Å². The van der Waals surface area contributed by atoms with E-state index in [-0.39, 0.29) is 5.91 Å². The van der Waals surface area contributed by atoms with Crippen LogP contribution in [0.15, 0.2) is 48.7 Å². The first-order valence-corrected chi connectivity index (χ1v) is 9.60. The van der Waals surface area contributed by atoms with Crippen molar-refractivity contribution in [2.45, 2.75) is 32.1 Å². The lowest BCUT2D eigenvalue weighted by atomic mass is 10.1. The first kappa shape index (κ1) is 17.1. The molecule has 4 nitrogen and oxygen atoms in total. The highest BCUT2D eigenvalue weighted by Crippen LogP contribution is 2.27. The molecule has 0 saturated carbocycles. The third-order valence-electron chi connectivity index (χ3n) is 5.03. The number of hydrogen-bond donors (Lipinski definition) is 0. The standard InChI is InChI=1S/C21H22ClN3O/c22-17-9-7-16(8-10-17)21-18(25-15-5-2-6-19(25)23-21)11-12-20(26)24-13-3-1-4-14-24/h2,5-10,15H,1,3-4,11-14H2. The summed E-state index contributed by atoms with van der Waals surface area (Å²) < 4.78 is 2.09. The van der Waals surface area contributed by atoms with Gasteiger partial charge in [0.05, 0.1) is 11.4 Å². The molecule has 0 bridgehead atoms. The highest BCUT2D eigenvalue weighted by Gasteiger charge is 2.19. The molecule has 0 spiro atoms. The summed E-state index contributed by atoms with van der Waals surface area (Å²) in [6, 6.07) is 13.7. The van der Waals surface area contributed by atoms with Gasteiger partial charge in [-0.15, -0.1) is 0 Å². The van der Waals surface area contributed by atoms with Crippen molar-refractivity contribution >= 4 is 23.2 Å². The molecule has 1 aromatic carbocycles. The Kier molecular flexibility index (Phi) is 4.93. The van der Waals surface area contributed by atoms with Crippen LogP contribution in [0.25, 0.3) is 16.9 Å². The summed E-state index contributed by atoms with van der Waals surface area (Å²) in [4.78, 5) is 19.4. The molecule has 0 radical (unpaired) electrons. The molecule has 3 heterocycles. The Morgan fingerprint density at radius 1 is 1.04 bits per heavy atom. The minimum absolute atomic E-state index is 0.248. The van der Waals surface area contributed by atoms with Crippen LogP contribution in [0.4, 0.5) is 0 Å². The smallest absolute Gasteiger partial charge is 0.222 e. The van der Waals surface area contributed by atoms with Gasteiger partial charge in [-0.3, -0.25) is 4.79 Å². The molecule has 1 amide bonds.